The van der Waals surface area contributed by atoms with E-state index >= 15 is 0 Å². The summed E-state index contributed by atoms with van der Waals surface area (Å²) < 4.78 is 30.6. The van der Waals surface area contributed by atoms with Crippen LogP contribution in [0.25, 0.3) is 0 Å². The Morgan fingerprint density at radius 2 is 0.866 bits per heavy atom. The van der Waals surface area contributed by atoms with Gasteiger partial charge in [-0.3, -0.25) is 18.6 Å². The lowest BCUT2D eigenvalue weighted by molar-refractivity contribution is -0.870. The molecule has 3 unspecified atom stereocenters. The molecular weight excluding hydrogens is 856 g/mol. The highest BCUT2D eigenvalue weighted by Gasteiger charge is 2.30. The number of allylic oxidation sites excluding steroid dienone is 3. The Morgan fingerprint density at radius 3 is 1.28 bits per heavy atom. The maximum Gasteiger partial charge on any atom is 0.472 e. The van der Waals surface area contributed by atoms with Gasteiger partial charge in [0.05, 0.1) is 33.8 Å². The fraction of sp³-hybridized carbons (Fsp3) is 0.895. The first kappa shape index (κ1) is 65.5. The molecule has 10 heteroatoms. The lowest BCUT2D eigenvalue weighted by atomic mass is 10.0. The molecule has 0 spiro atoms. The minimum atomic E-state index is -4.44. The highest BCUT2D eigenvalue weighted by atomic mass is 31.2. The zero-order valence-electron chi connectivity index (χ0n) is 45.2. The van der Waals surface area contributed by atoms with Crippen LogP contribution in [0.5, 0.6) is 0 Å². The molecule has 0 aromatic heterocycles. The summed E-state index contributed by atoms with van der Waals surface area (Å²) in [6, 6.07) is -0.849. The Hall–Kier alpha value is -1.51. The summed E-state index contributed by atoms with van der Waals surface area (Å²) in [5.74, 6) is -0.512. The Labute approximate surface area is 415 Å². The number of carbonyl (C=O) groups is 2. The molecule has 9 nitrogen and oxygen atoms in total. The number of ether oxygens (including phenoxy) is 1. The lowest BCUT2D eigenvalue weighted by Gasteiger charge is -2.27. The minimum absolute atomic E-state index is 0.0408. The van der Waals surface area contributed by atoms with Gasteiger partial charge in [0.2, 0.25) is 5.91 Å². The van der Waals surface area contributed by atoms with Crippen LogP contribution in [-0.2, 0) is 27.9 Å². The van der Waals surface area contributed by atoms with Gasteiger partial charge in [-0.15, -0.1) is 0 Å². The van der Waals surface area contributed by atoms with Gasteiger partial charge in [-0.25, -0.2) is 4.57 Å². The van der Waals surface area contributed by atoms with Crippen molar-refractivity contribution in [1.82, 2.24) is 5.32 Å². The van der Waals surface area contributed by atoms with Crippen molar-refractivity contribution < 1.29 is 37.3 Å². The largest absolute Gasteiger partial charge is 0.472 e. The number of nitrogens with one attached hydrogen (secondary N) is 1. The van der Waals surface area contributed by atoms with Gasteiger partial charge in [-0.2, -0.15) is 0 Å². The molecule has 0 aliphatic rings. The SMILES string of the molecule is CCCCCCCCC/C=C\CCCCCC(=O)NC(COP(=O)(O)OCC[N+](C)(C)C)C(/C=C/CCCCCCCCCCCCC)OC(=O)CCCCCCCCCCCCCCCC. The first-order valence-electron chi connectivity index (χ1n) is 28.7. The molecule has 3 atom stereocenters. The second-order valence-corrected chi connectivity index (χ2v) is 22.3. The molecule has 0 aliphatic carbocycles. The first-order valence-corrected chi connectivity index (χ1v) is 30.2. The number of phosphoric acid groups is 1. The zero-order valence-corrected chi connectivity index (χ0v) is 46.1. The molecule has 0 radical (unpaired) electrons. The van der Waals surface area contributed by atoms with Gasteiger partial charge in [-0.05, 0) is 57.4 Å². The van der Waals surface area contributed by atoms with Crippen molar-refractivity contribution in [3.63, 3.8) is 0 Å². The van der Waals surface area contributed by atoms with Crippen molar-refractivity contribution in [1.29, 1.82) is 0 Å². The van der Waals surface area contributed by atoms with Crippen LogP contribution in [0.2, 0.25) is 0 Å². The molecule has 0 aromatic rings. The number of amides is 1. The number of unbranched alkanes of at least 4 members (excludes halogenated alkanes) is 34. The van der Waals surface area contributed by atoms with E-state index in [4.69, 9.17) is 13.8 Å². The molecule has 1 amide bonds. The maximum atomic E-state index is 13.5. The van der Waals surface area contributed by atoms with Crippen molar-refractivity contribution in [3.8, 4) is 0 Å². The number of carbonyl (C=O) groups excluding carboxylic acids is 2. The summed E-state index contributed by atoms with van der Waals surface area (Å²) in [5, 5.41) is 3.04. The summed E-state index contributed by atoms with van der Waals surface area (Å²) in [6.45, 7) is 7.02. The Kier molecular flexibility index (Phi) is 47.0. The Morgan fingerprint density at radius 1 is 0.507 bits per heavy atom. The second-order valence-electron chi connectivity index (χ2n) is 20.8. The third-order valence-electron chi connectivity index (χ3n) is 12.9. The van der Waals surface area contributed by atoms with Crippen LogP contribution in [-0.4, -0.2) is 74.3 Å². The van der Waals surface area contributed by atoms with Gasteiger partial charge in [0.15, 0.2) is 0 Å². The average molecular weight is 969 g/mol. The standard InChI is InChI=1S/C57H111N2O7P/c1-7-10-13-16-19-22-25-28-31-34-37-40-43-46-49-56(60)58-54(53-65-67(62,63)64-52-51-59(4,5)6)55(48-45-42-39-36-33-30-27-24-21-18-15-12-9-3)66-57(61)50-47-44-41-38-35-32-29-26-23-20-17-14-11-8-2/h31,34,45,48,54-55H,7-30,32-33,35-44,46-47,49-53H2,1-6H3,(H-,58,60,62,63)/p+1/b34-31-,48-45+. The average Bonchev–Trinajstić information content (AvgIpc) is 3.28. The van der Waals surface area contributed by atoms with Crippen LogP contribution in [0.15, 0.2) is 24.3 Å². The molecule has 396 valence electrons. The maximum absolute atomic E-state index is 13.5. The van der Waals surface area contributed by atoms with Crippen molar-refractivity contribution >= 4 is 19.7 Å². The third-order valence-corrected chi connectivity index (χ3v) is 13.9. The van der Waals surface area contributed by atoms with Crippen LogP contribution < -0.4 is 5.32 Å². The summed E-state index contributed by atoms with van der Waals surface area (Å²) in [7, 11) is 1.50. The first-order chi connectivity index (χ1) is 32.4. The van der Waals surface area contributed by atoms with Gasteiger partial charge >= 0.3 is 13.8 Å². The van der Waals surface area contributed by atoms with Gasteiger partial charge in [-0.1, -0.05) is 232 Å². The highest BCUT2D eigenvalue weighted by molar-refractivity contribution is 7.47. The van der Waals surface area contributed by atoms with E-state index in [0.29, 0.717) is 23.9 Å². The number of nitrogens with zero attached hydrogens (tertiary/aromatic N) is 1. The Balaban J connectivity index is 5.38. The van der Waals surface area contributed by atoms with E-state index in [1.54, 1.807) is 0 Å². The molecule has 0 aromatic carbocycles. The number of hydrogen-bond acceptors (Lipinski definition) is 6. The molecule has 0 saturated carbocycles. The van der Waals surface area contributed by atoms with Crippen LogP contribution in [0.1, 0.15) is 278 Å². The number of esters is 1. The van der Waals surface area contributed by atoms with Crippen LogP contribution in [0.3, 0.4) is 0 Å². The molecule has 0 saturated heterocycles. The number of likely N-dealkylation sites (N-methyl/N-ethyl adjacent to an activating group) is 1. The second kappa shape index (κ2) is 48.1. The van der Waals surface area contributed by atoms with Gasteiger partial charge < -0.3 is 19.4 Å². The molecule has 0 rings (SSSR count). The van der Waals surface area contributed by atoms with Crippen molar-refractivity contribution in [2.45, 2.75) is 290 Å². The van der Waals surface area contributed by atoms with E-state index in [1.165, 1.54) is 173 Å². The fourth-order valence-corrected chi connectivity index (χ4v) is 9.14. The quantitative estimate of drug-likeness (QED) is 0.0205. The van der Waals surface area contributed by atoms with Gasteiger partial charge in [0.1, 0.15) is 19.3 Å². The van der Waals surface area contributed by atoms with E-state index in [9.17, 15) is 19.0 Å². The number of phosphoric ester groups is 1. The number of rotatable bonds is 52. The Bertz CT molecular complexity index is 1210. The summed E-state index contributed by atoms with van der Waals surface area (Å²) in [6.07, 6.45) is 54.5. The topological polar surface area (TPSA) is 111 Å². The van der Waals surface area contributed by atoms with Gasteiger partial charge in [0, 0.05) is 12.8 Å². The van der Waals surface area contributed by atoms with E-state index in [0.717, 1.165) is 70.6 Å². The van der Waals surface area contributed by atoms with Crippen molar-refractivity contribution in [2.75, 3.05) is 40.9 Å². The summed E-state index contributed by atoms with van der Waals surface area (Å²) >= 11 is 0. The van der Waals surface area contributed by atoms with Crippen molar-refractivity contribution in [3.05, 3.63) is 24.3 Å². The van der Waals surface area contributed by atoms with E-state index in [-0.39, 0.29) is 25.1 Å². The highest BCUT2D eigenvalue weighted by Crippen LogP contribution is 2.43. The molecule has 2 N–H and O–H groups in total. The number of quaternary nitrogens is 1. The molecule has 0 fully saturated rings. The van der Waals surface area contributed by atoms with E-state index in [2.05, 4.69) is 38.2 Å². The van der Waals surface area contributed by atoms with E-state index < -0.39 is 20.0 Å². The van der Waals surface area contributed by atoms with Crippen LogP contribution in [0, 0.1) is 0 Å². The van der Waals surface area contributed by atoms with Crippen LogP contribution >= 0.6 is 7.82 Å². The summed E-state index contributed by atoms with van der Waals surface area (Å²) in [5.41, 5.74) is 0. The van der Waals surface area contributed by atoms with E-state index in [1.807, 2.05) is 33.3 Å². The normalized spacial score (nSPS) is 14.0. The number of hydrogen-bond donors (Lipinski definition) is 2. The van der Waals surface area contributed by atoms with Crippen LogP contribution in [0.4, 0.5) is 0 Å². The van der Waals surface area contributed by atoms with Crippen molar-refractivity contribution in [2.24, 2.45) is 0 Å². The molecular formula is C57H112N2O7P+. The molecule has 0 heterocycles. The lowest BCUT2D eigenvalue weighted by Crippen LogP contribution is -2.47. The smallest absolute Gasteiger partial charge is 0.456 e. The zero-order chi connectivity index (χ0) is 49.4. The third kappa shape index (κ3) is 49.3. The molecule has 67 heavy (non-hydrogen) atoms. The summed E-state index contributed by atoms with van der Waals surface area (Å²) in [4.78, 5) is 37.5. The monoisotopic (exact) mass is 968 g/mol. The molecule has 0 aliphatic heterocycles. The minimum Gasteiger partial charge on any atom is -0.456 e. The predicted molar refractivity (Wildman–Crippen MR) is 286 cm³/mol. The van der Waals surface area contributed by atoms with Gasteiger partial charge in [0.25, 0.3) is 0 Å². The fourth-order valence-electron chi connectivity index (χ4n) is 8.41. The predicted octanol–water partition coefficient (Wildman–Crippen LogP) is 17.0. The molecule has 0 bridgehead atoms.